The Morgan fingerprint density at radius 3 is 2.36 bits per heavy atom. The van der Waals surface area contributed by atoms with Gasteiger partial charge in [0.15, 0.2) is 0 Å². The van der Waals surface area contributed by atoms with Gasteiger partial charge in [0.05, 0.1) is 29.2 Å². The van der Waals surface area contributed by atoms with Crippen LogP contribution in [0.1, 0.15) is 58.1 Å². The molecule has 0 aliphatic carbocycles. The highest BCUT2D eigenvalue weighted by Gasteiger charge is 2.77. The second-order valence-corrected chi connectivity index (χ2v) is 14.0. The minimum absolute atomic E-state index is 0.0174. The zero-order valence-electron chi connectivity index (χ0n) is 26.2. The summed E-state index contributed by atoms with van der Waals surface area (Å²) in [6, 6.07) is 4.64. The van der Waals surface area contributed by atoms with E-state index in [2.05, 4.69) is 20.1 Å². The SMILES string of the molecule is C=CCN(CCC)C(=O)[C@@H]1[C@@H]2CC(C)C3(S2)C(C(=O)N(CC=C)c2c(C)cccc2C)N([C@@H](CO)[C@@H](C)CC)C(=O)[C@H]13. The smallest absolute Gasteiger partial charge is 0.251 e. The van der Waals surface area contributed by atoms with Gasteiger partial charge in [-0.3, -0.25) is 14.4 Å². The molecular formula is C34H49N3O4S. The van der Waals surface area contributed by atoms with E-state index in [1.54, 1.807) is 33.7 Å². The number of amides is 3. The third-order valence-electron chi connectivity index (χ3n) is 9.99. The molecule has 0 radical (unpaired) electrons. The van der Waals surface area contributed by atoms with Crippen LogP contribution in [-0.4, -0.2) is 80.9 Å². The van der Waals surface area contributed by atoms with Crippen LogP contribution in [0.15, 0.2) is 43.5 Å². The molecule has 3 fully saturated rings. The number of carbonyl (C=O) groups excluding carboxylic acids is 3. The number of rotatable bonds is 13. The number of aryl methyl sites for hydroxylation is 2. The lowest BCUT2D eigenvalue weighted by Gasteiger charge is -2.43. The molecule has 3 aliphatic rings. The predicted molar refractivity (Wildman–Crippen MR) is 171 cm³/mol. The minimum Gasteiger partial charge on any atom is -0.394 e. The van der Waals surface area contributed by atoms with Gasteiger partial charge in [0, 0.05) is 30.6 Å². The number of likely N-dealkylation sites (tertiary alicyclic amines) is 1. The number of carbonyl (C=O) groups is 3. The van der Waals surface area contributed by atoms with E-state index in [0.717, 1.165) is 36.1 Å². The number of aliphatic hydroxyl groups is 1. The topological polar surface area (TPSA) is 81.2 Å². The second kappa shape index (κ2) is 13.0. The van der Waals surface area contributed by atoms with Crippen molar-refractivity contribution in [1.29, 1.82) is 0 Å². The number of hydrogen-bond acceptors (Lipinski definition) is 5. The van der Waals surface area contributed by atoms with Gasteiger partial charge in [-0.25, -0.2) is 0 Å². The monoisotopic (exact) mass is 595 g/mol. The van der Waals surface area contributed by atoms with E-state index < -0.39 is 28.7 Å². The molecule has 7 nitrogen and oxygen atoms in total. The van der Waals surface area contributed by atoms with Crippen LogP contribution in [0.3, 0.4) is 0 Å². The van der Waals surface area contributed by atoms with E-state index >= 15 is 4.79 Å². The zero-order valence-corrected chi connectivity index (χ0v) is 27.0. The van der Waals surface area contributed by atoms with Gasteiger partial charge >= 0.3 is 0 Å². The summed E-state index contributed by atoms with van der Waals surface area (Å²) >= 11 is 1.69. The van der Waals surface area contributed by atoms with Crippen molar-refractivity contribution in [3.63, 3.8) is 0 Å². The molecule has 0 saturated carbocycles. The molecule has 3 heterocycles. The standard InChI is InChI=1S/C34H49N3O4S/c1-9-16-35(17-10-2)31(39)27-26-19-24(8)34(42-26)28(27)32(40)37(25(20-38)21(5)12-4)30(34)33(41)36(18-11-3)29-22(6)14-13-15-23(29)7/h9,11,13-15,21,24-28,30,38H,1,3,10,12,16-20H2,2,4-8H3/t21-,24?,25-,26-,27+,28-,30?,34?/m0/s1. The van der Waals surface area contributed by atoms with Crippen LogP contribution in [0.25, 0.3) is 0 Å². The molecule has 1 aromatic rings. The van der Waals surface area contributed by atoms with Crippen LogP contribution >= 0.6 is 11.8 Å². The maximum atomic E-state index is 15.1. The van der Waals surface area contributed by atoms with Gasteiger partial charge in [0.25, 0.3) is 5.91 Å². The molecule has 3 saturated heterocycles. The lowest BCUT2D eigenvalue weighted by atomic mass is 9.65. The van der Waals surface area contributed by atoms with Crippen molar-refractivity contribution in [3.8, 4) is 0 Å². The number of hydrogen-bond donors (Lipinski definition) is 1. The Kier molecular flexibility index (Phi) is 9.98. The maximum absolute atomic E-state index is 15.1. The summed E-state index contributed by atoms with van der Waals surface area (Å²) in [4.78, 5) is 49.4. The lowest BCUT2D eigenvalue weighted by Crippen LogP contribution is -2.60. The molecule has 1 spiro atoms. The number of aliphatic hydroxyl groups excluding tert-OH is 1. The molecule has 1 N–H and O–H groups in total. The first-order chi connectivity index (χ1) is 20.0. The number of para-hydroxylation sites is 1. The normalized spacial score (nSPS) is 29.3. The number of benzene rings is 1. The molecule has 8 heteroatoms. The van der Waals surface area contributed by atoms with Gasteiger partial charge in [-0.2, -0.15) is 0 Å². The summed E-state index contributed by atoms with van der Waals surface area (Å²) in [6.07, 6.45) is 5.80. The fraction of sp³-hybridized carbons (Fsp3) is 0.618. The maximum Gasteiger partial charge on any atom is 0.251 e. The van der Waals surface area contributed by atoms with Crippen molar-refractivity contribution in [2.24, 2.45) is 23.7 Å². The van der Waals surface area contributed by atoms with E-state index in [-0.39, 0.29) is 41.4 Å². The first-order valence-electron chi connectivity index (χ1n) is 15.5. The summed E-state index contributed by atoms with van der Waals surface area (Å²) in [5, 5.41) is 10.7. The summed E-state index contributed by atoms with van der Waals surface area (Å²) < 4.78 is -0.762. The molecule has 42 heavy (non-hydrogen) atoms. The summed E-state index contributed by atoms with van der Waals surface area (Å²) in [6.45, 7) is 21.1. The van der Waals surface area contributed by atoms with Crippen molar-refractivity contribution in [3.05, 3.63) is 54.6 Å². The number of nitrogens with zero attached hydrogens (tertiary/aromatic N) is 3. The Bertz CT molecular complexity index is 1200. The van der Waals surface area contributed by atoms with Crippen LogP contribution in [0.2, 0.25) is 0 Å². The van der Waals surface area contributed by atoms with Crippen LogP contribution in [0, 0.1) is 37.5 Å². The van der Waals surface area contributed by atoms with Gasteiger partial charge in [0.1, 0.15) is 6.04 Å². The average Bonchev–Trinajstić information content (AvgIpc) is 3.55. The molecule has 3 aliphatic heterocycles. The van der Waals surface area contributed by atoms with Gasteiger partial charge in [-0.1, -0.05) is 64.5 Å². The molecule has 1 aromatic carbocycles. The predicted octanol–water partition coefficient (Wildman–Crippen LogP) is 4.99. The summed E-state index contributed by atoms with van der Waals surface area (Å²) in [5.74, 6) is -1.45. The molecule has 230 valence electrons. The van der Waals surface area contributed by atoms with Gasteiger partial charge in [-0.05, 0) is 49.7 Å². The van der Waals surface area contributed by atoms with E-state index in [1.165, 1.54) is 0 Å². The summed E-state index contributed by atoms with van der Waals surface area (Å²) in [5.41, 5.74) is 2.77. The van der Waals surface area contributed by atoms with Crippen LogP contribution in [-0.2, 0) is 14.4 Å². The highest BCUT2D eigenvalue weighted by Crippen LogP contribution is 2.69. The number of fused-ring (bicyclic) bond motifs is 1. The quantitative estimate of drug-likeness (QED) is 0.325. The Labute approximate surface area is 256 Å². The fourth-order valence-electron chi connectivity index (χ4n) is 7.92. The summed E-state index contributed by atoms with van der Waals surface area (Å²) in [7, 11) is 0. The van der Waals surface area contributed by atoms with Gasteiger partial charge in [0.2, 0.25) is 11.8 Å². The molecule has 3 unspecified atom stereocenters. The van der Waals surface area contributed by atoms with Crippen molar-refractivity contribution in [2.75, 3.05) is 31.1 Å². The molecule has 2 bridgehead atoms. The molecule has 8 atom stereocenters. The highest BCUT2D eigenvalue weighted by molar-refractivity contribution is 8.02. The molecule has 4 rings (SSSR count). The second-order valence-electron chi connectivity index (χ2n) is 12.5. The van der Waals surface area contributed by atoms with E-state index in [9.17, 15) is 14.7 Å². The Morgan fingerprint density at radius 1 is 1.17 bits per heavy atom. The number of thioether (sulfide) groups is 1. The molecule has 3 amide bonds. The fourth-order valence-corrected chi connectivity index (χ4v) is 10.3. The van der Waals surface area contributed by atoms with Crippen LogP contribution in [0.4, 0.5) is 5.69 Å². The minimum atomic E-state index is -0.804. The zero-order chi connectivity index (χ0) is 30.9. The Balaban J connectivity index is 1.91. The van der Waals surface area contributed by atoms with Crippen molar-refractivity contribution < 1.29 is 19.5 Å². The first kappa shape index (κ1) is 32.3. The van der Waals surface area contributed by atoms with E-state index in [1.807, 2.05) is 57.7 Å². The van der Waals surface area contributed by atoms with Crippen molar-refractivity contribution >= 4 is 35.2 Å². The van der Waals surface area contributed by atoms with Crippen molar-refractivity contribution in [1.82, 2.24) is 9.80 Å². The molecular weight excluding hydrogens is 546 g/mol. The Morgan fingerprint density at radius 2 is 1.81 bits per heavy atom. The third kappa shape index (κ3) is 5.02. The van der Waals surface area contributed by atoms with Crippen LogP contribution in [0.5, 0.6) is 0 Å². The number of anilines is 1. The third-order valence-corrected chi connectivity index (χ3v) is 12.1. The average molecular weight is 596 g/mol. The first-order valence-corrected chi connectivity index (χ1v) is 16.4. The van der Waals surface area contributed by atoms with E-state index in [4.69, 9.17) is 0 Å². The van der Waals surface area contributed by atoms with E-state index in [0.29, 0.717) is 19.6 Å². The van der Waals surface area contributed by atoms with Crippen LogP contribution < -0.4 is 4.90 Å². The van der Waals surface area contributed by atoms with Gasteiger partial charge in [-0.15, -0.1) is 24.9 Å². The highest BCUT2D eigenvalue weighted by atomic mass is 32.2. The Hall–Kier alpha value is -2.58. The van der Waals surface area contributed by atoms with Gasteiger partial charge < -0.3 is 19.8 Å². The largest absolute Gasteiger partial charge is 0.394 e. The lowest BCUT2D eigenvalue weighted by molar-refractivity contribution is -0.146. The van der Waals surface area contributed by atoms with Crippen molar-refractivity contribution in [2.45, 2.75) is 82.9 Å². The molecule has 0 aromatic heterocycles.